The highest BCUT2D eigenvalue weighted by Gasteiger charge is 2.28. The molecule has 1 aliphatic rings. The Morgan fingerprint density at radius 3 is 2.67 bits per heavy atom. The SMILES string of the molecule is OCCCCC#CC(O)C1CC1. The van der Waals surface area contributed by atoms with Crippen molar-refractivity contribution in [3.05, 3.63) is 0 Å². The van der Waals surface area contributed by atoms with E-state index >= 15 is 0 Å². The Morgan fingerprint density at radius 1 is 1.33 bits per heavy atom. The predicted octanol–water partition coefficient (Wildman–Crippen LogP) is 0.923. The van der Waals surface area contributed by atoms with Gasteiger partial charge < -0.3 is 10.2 Å². The van der Waals surface area contributed by atoms with Crippen molar-refractivity contribution in [2.24, 2.45) is 5.92 Å². The van der Waals surface area contributed by atoms with E-state index in [4.69, 9.17) is 5.11 Å². The highest BCUT2D eigenvalue weighted by molar-refractivity contribution is 5.08. The first-order valence-electron chi connectivity index (χ1n) is 4.62. The third-order valence-corrected chi connectivity index (χ3v) is 2.03. The Morgan fingerprint density at radius 2 is 2.08 bits per heavy atom. The Kier molecular flexibility index (Phi) is 4.13. The van der Waals surface area contributed by atoms with Gasteiger partial charge in [0.1, 0.15) is 6.10 Å². The highest BCUT2D eigenvalue weighted by Crippen LogP contribution is 2.32. The normalized spacial score (nSPS) is 18.2. The van der Waals surface area contributed by atoms with Gasteiger partial charge in [0.2, 0.25) is 0 Å². The second kappa shape index (κ2) is 5.18. The summed E-state index contributed by atoms with van der Waals surface area (Å²) in [5.74, 6) is 6.21. The van der Waals surface area contributed by atoms with Gasteiger partial charge in [-0.05, 0) is 31.6 Å². The molecule has 0 amide bonds. The number of rotatable bonds is 4. The third-order valence-electron chi connectivity index (χ3n) is 2.03. The van der Waals surface area contributed by atoms with Crippen LogP contribution in [0.5, 0.6) is 0 Å². The van der Waals surface area contributed by atoms with Crippen molar-refractivity contribution in [1.29, 1.82) is 0 Å². The summed E-state index contributed by atoms with van der Waals surface area (Å²) in [5.41, 5.74) is 0. The molecule has 0 heterocycles. The topological polar surface area (TPSA) is 40.5 Å². The third kappa shape index (κ3) is 3.75. The molecular formula is C10H16O2. The minimum atomic E-state index is -0.390. The summed E-state index contributed by atoms with van der Waals surface area (Å²) >= 11 is 0. The summed E-state index contributed by atoms with van der Waals surface area (Å²) in [6, 6.07) is 0. The first-order valence-corrected chi connectivity index (χ1v) is 4.62. The molecule has 1 fully saturated rings. The van der Waals surface area contributed by atoms with Crippen LogP contribution in [0.1, 0.15) is 32.1 Å². The van der Waals surface area contributed by atoms with Crippen molar-refractivity contribution < 1.29 is 10.2 Å². The van der Waals surface area contributed by atoms with Crippen LogP contribution in [-0.4, -0.2) is 22.9 Å². The van der Waals surface area contributed by atoms with Crippen LogP contribution in [0.15, 0.2) is 0 Å². The lowest BCUT2D eigenvalue weighted by Gasteiger charge is -1.96. The quantitative estimate of drug-likeness (QED) is 0.484. The lowest BCUT2D eigenvalue weighted by atomic mass is 10.2. The minimum Gasteiger partial charge on any atom is -0.396 e. The summed E-state index contributed by atoms with van der Waals surface area (Å²) < 4.78 is 0. The van der Waals surface area contributed by atoms with E-state index in [2.05, 4.69) is 11.8 Å². The van der Waals surface area contributed by atoms with E-state index in [9.17, 15) is 5.11 Å². The smallest absolute Gasteiger partial charge is 0.117 e. The summed E-state index contributed by atoms with van der Waals surface area (Å²) in [7, 11) is 0. The maximum Gasteiger partial charge on any atom is 0.117 e. The van der Waals surface area contributed by atoms with Gasteiger partial charge in [-0.15, -0.1) is 5.92 Å². The van der Waals surface area contributed by atoms with Crippen molar-refractivity contribution in [3.63, 3.8) is 0 Å². The lowest BCUT2D eigenvalue weighted by Crippen LogP contribution is -2.04. The maximum atomic E-state index is 9.32. The van der Waals surface area contributed by atoms with Crippen LogP contribution in [0, 0.1) is 17.8 Å². The maximum absolute atomic E-state index is 9.32. The van der Waals surface area contributed by atoms with Crippen molar-refractivity contribution in [1.82, 2.24) is 0 Å². The van der Waals surface area contributed by atoms with E-state index in [0.29, 0.717) is 5.92 Å². The van der Waals surface area contributed by atoms with Crippen LogP contribution < -0.4 is 0 Å². The number of aliphatic hydroxyl groups excluding tert-OH is 2. The molecule has 1 saturated carbocycles. The predicted molar refractivity (Wildman–Crippen MR) is 47.4 cm³/mol. The zero-order chi connectivity index (χ0) is 8.81. The van der Waals surface area contributed by atoms with Crippen LogP contribution in [0.25, 0.3) is 0 Å². The van der Waals surface area contributed by atoms with Crippen molar-refractivity contribution >= 4 is 0 Å². The van der Waals surface area contributed by atoms with Gasteiger partial charge in [0.05, 0.1) is 0 Å². The molecule has 1 unspecified atom stereocenters. The Bertz CT molecular complexity index is 174. The largest absolute Gasteiger partial charge is 0.396 e. The van der Waals surface area contributed by atoms with E-state index in [-0.39, 0.29) is 12.7 Å². The average Bonchev–Trinajstić information content (AvgIpc) is 2.86. The summed E-state index contributed by atoms with van der Waals surface area (Å²) in [6.45, 7) is 0.243. The Balaban J connectivity index is 2.02. The fourth-order valence-electron chi connectivity index (χ4n) is 1.03. The first kappa shape index (κ1) is 9.57. The van der Waals surface area contributed by atoms with Gasteiger partial charge in [-0.2, -0.15) is 0 Å². The monoisotopic (exact) mass is 168 g/mol. The standard InChI is InChI=1S/C10H16O2/c11-8-4-2-1-3-5-10(12)9-6-7-9/h9-12H,1-2,4,6-8H2. The first-order chi connectivity index (χ1) is 5.84. The highest BCUT2D eigenvalue weighted by atomic mass is 16.3. The zero-order valence-corrected chi connectivity index (χ0v) is 7.29. The molecule has 0 aromatic carbocycles. The summed E-state index contributed by atoms with van der Waals surface area (Å²) in [5, 5.41) is 17.8. The molecule has 2 N–H and O–H groups in total. The van der Waals surface area contributed by atoms with Crippen LogP contribution in [0.2, 0.25) is 0 Å². The van der Waals surface area contributed by atoms with Crippen molar-refractivity contribution in [2.75, 3.05) is 6.61 Å². The average molecular weight is 168 g/mol. The van der Waals surface area contributed by atoms with Gasteiger partial charge >= 0.3 is 0 Å². The molecule has 1 rings (SSSR count). The van der Waals surface area contributed by atoms with Gasteiger partial charge in [0, 0.05) is 13.0 Å². The minimum absolute atomic E-state index is 0.243. The second-order valence-electron chi connectivity index (χ2n) is 3.28. The molecule has 2 nitrogen and oxygen atoms in total. The molecule has 0 aromatic heterocycles. The van der Waals surface area contributed by atoms with Crippen molar-refractivity contribution in [2.45, 2.75) is 38.2 Å². The fourth-order valence-corrected chi connectivity index (χ4v) is 1.03. The van der Waals surface area contributed by atoms with Gasteiger partial charge in [0.15, 0.2) is 0 Å². The number of hydrogen-bond donors (Lipinski definition) is 2. The van der Waals surface area contributed by atoms with Crippen molar-refractivity contribution in [3.8, 4) is 11.8 Å². The molecular weight excluding hydrogens is 152 g/mol. The van der Waals surface area contributed by atoms with Crippen LogP contribution >= 0.6 is 0 Å². The molecule has 0 bridgehead atoms. The van der Waals surface area contributed by atoms with Crippen LogP contribution in [0.3, 0.4) is 0 Å². The molecule has 0 radical (unpaired) electrons. The molecule has 0 aliphatic heterocycles. The molecule has 0 aromatic rings. The fraction of sp³-hybridized carbons (Fsp3) is 0.800. The summed E-state index contributed by atoms with van der Waals surface area (Å²) in [6.07, 6.45) is 4.41. The van der Waals surface area contributed by atoms with Crippen LogP contribution in [0.4, 0.5) is 0 Å². The molecule has 1 atom stereocenters. The number of unbranched alkanes of at least 4 members (excludes halogenated alkanes) is 2. The van der Waals surface area contributed by atoms with E-state index in [1.165, 1.54) is 0 Å². The number of aliphatic hydroxyl groups is 2. The van der Waals surface area contributed by atoms with Crippen LogP contribution in [-0.2, 0) is 0 Å². The van der Waals surface area contributed by atoms with Gasteiger partial charge in [0.25, 0.3) is 0 Å². The number of hydrogen-bond acceptors (Lipinski definition) is 2. The molecule has 1 aliphatic carbocycles. The zero-order valence-electron chi connectivity index (χ0n) is 7.29. The lowest BCUT2D eigenvalue weighted by molar-refractivity contribution is 0.209. The molecule has 2 heteroatoms. The molecule has 12 heavy (non-hydrogen) atoms. The summed E-state index contributed by atoms with van der Waals surface area (Å²) in [4.78, 5) is 0. The Hall–Kier alpha value is -0.520. The molecule has 0 spiro atoms. The van der Waals surface area contributed by atoms with Gasteiger partial charge in [-0.3, -0.25) is 0 Å². The molecule has 0 saturated heterocycles. The van der Waals surface area contributed by atoms with Gasteiger partial charge in [-0.25, -0.2) is 0 Å². The van der Waals surface area contributed by atoms with E-state index in [1.807, 2.05) is 0 Å². The second-order valence-corrected chi connectivity index (χ2v) is 3.28. The van der Waals surface area contributed by atoms with E-state index in [1.54, 1.807) is 0 Å². The van der Waals surface area contributed by atoms with E-state index in [0.717, 1.165) is 32.1 Å². The van der Waals surface area contributed by atoms with Gasteiger partial charge in [-0.1, -0.05) is 5.92 Å². The van der Waals surface area contributed by atoms with E-state index < -0.39 is 0 Å². The molecule has 68 valence electrons. The Labute approximate surface area is 73.6 Å².